The fraction of sp³-hybridized carbons (Fsp3) is 0.333. The van der Waals surface area contributed by atoms with Crippen molar-refractivity contribution in [3.05, 3.63) is 66.2 Å². The number of hydrogen-bond acceptors (Lipinski definition) is 6. The van der Waals surface area contributed by atoms with Crippen molar-refractivity contribution in [2.45, 2.75) is 39.5 Å². The van der Waals surface area contributed by atoms with E-state index in [9.17, 15) is 9.59 Å². The maximum Gasteiger partial charge on any atom is 0.343 e. The van der Waals surface area contributed by atoms with Crippen LogP contribution in [0.25, 0.3) is 0 Å². The fourth-order valence-corrected chi connectivity index (χ4v) is 2.45. The van der Waals surface area contributed by atoms with Gasteiger partial charge in [0.2, 0.25) is 6.79 Å². The molecule has 6 heteroatoms. The largest absolute Gasteiger partial charge is 0.494 e. The van der Waals surface area contributed by atoms with Gasteiger partial charge in [-0.25, -0.2) is 9.59 Å². The Morgan fingerprint density at radius 3 is 2.07 bits per heavy atom. The van der Waals surface area contributed by atoms with Gasteiger partial charge in [0.05, 0.1) is 12.2 Å². The molecule has 30 heavy (non-hydrogen) atoms. The van der Waals surface area contributed by atoms with Crippen molar-refractivity contribution in [3.63, 3.8) is 0 Å². The molecule has 0 spiro atoms. The van der Waals surface area contributed by atoms with Crippen LogP contribution in [-0.2, 0) is 9.53 Å². The van der Waals surface area contributed by atoms with Crippen molar-refractivity contribution in [1.29, 1.82) is 0 Å². The van der Waals surface area contributed by atoms with E-state index in [2.05, 4.69) is 13.5 Å². The van der Waals surface area contributed by atoms with Gasteiger partial charge in [0, 0.05) is 5.57 Å². The number of esters is 2. The fourth-order valence-electron chi connectivity index (χ4n) is 2.45. The normalized spacial score (nSPS) is 10.2. The molecule has 2 aromatic rings. The number of benzene rings is 2. The van der Waals surface area contributed by atoms with Gasteiger partial charge in [-0.2, -0.15) is 0 Å². The Hall–Kier alpha value is -3.28. The lowest BCUT2D eigenvalue weighted by molar-refractivity contribution is -0.145. The first kappa shape index (κ1) is 23.0. The van der Waals surface area contributed by atoms with E-state index in [0.29, 0.717) is 29.2 Å². The molecule has 2 aromatic carbocycles. The number of carbonyl (C=O) groups excluding carboxylic acids is 2. The molecule has 0 fully saturated rings. The summed E-state index contributed by atoms with van der Waals surface area (Å²) in [6.45, 7) is 7.66. The van der Waals surface area contributed by atoms with Crippen molar-refractivity contribution in [1.82, 2.24) is 0 Å². The van der Waals surface area contributed by atoms with E-state index < -0.39 is 11.9 Å². The summed E-state index contributed by atoms with van der Waals surface area (Å²) in [5.74, 6) is 0.603. The second kappa shape index (κ2) is 12.3. The summed E-state index contributed by atoms with van der Waals surface area (Å²) in [6.07, 6.45) is 4.58. The van der Waals surface area contributed by atoms with Crippen LogP contribution in [0, 0.1) is 0 Å². The predicted octanol–water partition coefficient (Wildman–Crippen LogP) is 5.32. The van der Waals surface area contributed by atoms with Gasteiger partial charge in [-0.3, -0.25) is 0 Å². The highest BCUT2D eigenvalue weighted by Crippen LogP contribution is 2.20. The monoisotopic (exact) mass is 412 g/mol. The Kier molecular flexibility index (Phi) is 9.45. The van der Waals surface area contributed by atoms with Crippen LogP contribution in [0.4, 0.5) is 0 Å². The van der Waals surface area contributed by atoms with Crippen LogP contribution in [0.15, 0.2) is 60.7 Å². The first-order valence-corrected chi connectivity index (χ1v) is 10.00. The van der Waals surface area contributed by atoms with Gasteiger partial charge in [0.1, 0.15) is 17.2 Å². The van der Waals surface area contributed by atoms with Gasteiger partial charge in [-0.05, 0) is 61.9 Å². The molecule has 0 aromatic heterocycles. The first-order valence-electron chi connectivity index (χ1n) is 10.00. The molecule has 0 N–H and O–H groups in total. The predicted molar refractivity (Wildman–Crippen MR) is 114 cm³/mol. The second-order valence-corrected chi connectivity index (χ2v) is 6.77. The summed E-state index contributed by atoms with van der Waals surface area (Å²) in [4.78, 5) is 23.6. The minimum absolute atomic E-state index is 0.224. The number of hydrogen-bond donors (Lipinski definition) is 0. The Balaban J connectivity index is 1.78. The number of unbranched alkanes of at least 4 members (excludes halogenated alkanes) is 3. The average molecular weight is 412 g/mol. The molecule has 0 heterocycles. The van der Waals surface area contributed by atoms with Crippen LogP contribution >= 0.6 is 0 Å². The van der Waals surface area contributed by atoms with Crippen LogP contribution in [0.1, 0.15) is 49.9 Å². The molecule has 0 unspecified atom stereocenters. The third-order valence-corrected chi connectivity index (χ3v) is 4.15. The Labute approximate surface area is 177 Å². The molecule has 160 valence electrons. The van der Waals surface area contributed by atoms with Crippen LogP contribution in [0.5, 0.6) is 17.2 Å². The number of carbonyl (C=O) groups is 2. The average Bonchev–Trinajstić information content (AvgIpc) is 2.75. The smallest absolute Gasteiger partial charge is 0.343 e. The lowest BCUT2D eigenvalue weighted by Crippen LogP contribution is -2.11. The van der Waals surface area contributed by atoms with E-state index in [1.54, 1.807) is 55.5 Å². The molecule has 0 saturated heterocycles. The van der Waals surface area contributed by atoms with E-state index in [0.717, 1.165) is 18.6 Å². The standard InChI is InChI=1S/C24H28O6/c1-4-5-6-7-16-27-20-10-8-19(9-11-20)24(26)30-22-14-12-21(13-15-22)28-17-29-23(25)18(2)3/h8-15H,2,4-7,16-17H2,1,3H3. The zero-order valence-corrected chi connectivity index (χ0v) is 17.5. The molecule has 0 amide bonds. The maximum absolute atomic E-state index is 12.3. The second-order valence-electron chi connectivity index (χ2n) is 6.77. The minimum Gasteiger partial charge on any atom is -0.494 e. The van der Waals surface area contributed by atoms with E-state index in [1.807, 2.05) is 0 Å². The molecular formula is C24H28O6. The zero-order valence-electron chi connectivity index (χ0n) is 17.5. The summed E-state index contributed by atoms with van der Waals surface area (Å²) in [6, 6.07) is 13.3. The maximum atomic E-state index is 12.3. The van der Waals surface area contributed by atoms with Gasteiger partial charge in [-0.15, -0.1) is 0 Å². The number of rotatable bonds is 12. The highest BCUT2D eigenvalue weighted by molar-refractivity contribution is 5.91. The summed E-state index contributed by atoms with van der Waals surface area (Å²) >= 11 is 0. The number of ether oxygens (including phenoxy) is 4. The minimum atomic E-state index is -0.520. The molecular weight excluding hydrogens is 384 g/mol. The quantitative estimate of drug-likeness (QED) is 0.154. The summed E-state index contributed by atoms with van der Waals surface area (Å²) < 4.78 is 21.2. The van der Waals surface area contributed by atoms with Gasteiger partial charge < -0.3 is 18.9 Å². The first-order chi connectivity index (χ1) is 14.5. The Morgan fingerprint density at radius 1 is 0.833 bits per heavy atom. The van der Waals surface area contributed by atoms with Gasteiger partial charge in [-0.1, -0.05) is 32.8 Å². The summed E-state index contributed by atoms with van der Waals surface area (Å²) in [5.41, 5.74) is 0.729. The SMILES string of the molecule is C=C(C)C(=O)OCOc1ccc(OC(=O)c2ccc(OCCCCCC)cc2)cc1. The van der Waals surface area contributed by atoms with Gasteiger partial charge >= 0.3 is 11.9 Å². The van der Waals surface area contributed by atoms with Crippen LogP contribution in [0.2, 0.25) is 0 Å². The van der Waals surface area contributed by atoms with Crippen molar-refractivity contribution in [2.75, 3.05) is 13.4 Å². The molecule has 0 aliphatic carbocycles. The molecule has 0 bridgehead atoms. The molecule has 6 nitrogen and oxygen atoms in total. The highest BCUT2D eigenvalue weighted by Gasteiger charge is 2.09. The highest BCUT2D eigenvalue weighted by atomic mass is 16.7. The van der Waals surface area contributed by atoms with E-state index >= 15 is 0 Å². The van der Waals surface area contributed by atoms with Crippen LogP contribution in [-0.4, -0.2) is 25.3 Å². The molecule has 0 radical (unpaired) electrons. The third kappa shape index (κ3) is 7.99. The van der Waals surface area contributed by atoms with E-state index in [1.165, 1.54) is 12.8 Å². The van der Waals surface area contributed by atoms with Crippen molar-refractivity contribution in [2.24, 2.45) is 0 Å². The molecule has 0 aliphatic rings. The zero-order chi connectivity index (χ0) is 21.8. The van der Waals surface area contributed by atoms with Gasteiger partial charge in [0.15, 0.2) is 0 Å². The van der Waals surface area contributed by atoms with E-state index in [-0.39, 0.29) is 6.79 Å². The Bertz CT molecular complexity index is 824. The Morgan fingerprint density at radius 2 is 1.43 bits per heavy atom. The van der Waals surface area contributed by atoms with Crippen LogP contribution < -0.4 is 14.2 Å². The lowest BCUT2D eigenvalue weighted by Gasteiger charge is -2.09. The summed E-state index contributed by atoms with van der Waals surface area (Å²) in [7, 11) is 0. The van der Waals surface area contributed by atoms with Crippen molar-refractivity contribution in [3.8, 4) is 17.2 Å². The molecule has 2 rings (SSSR count). The lowest BCUT2D eigenvalue weighted by atomic mass is 10.2. The van der Waals surface area contributed by atoms with E-state index in [4.69, 9.17) is 18.9 Å². The molecule has 0 aliphatic heterocycles. The molecule has 0 saturated carbocycles. The van der Waals surface area contributed by atoms with Gasteiger partial charge in [0.25, 0.3) is 0 Å². The summed E-state index contributed by atoms with van der Waals surface area (Å²) in [5, 5.41) is 0. The topological polar surface area (TPSA) is 71.1 Å². The van der Waals surface area contributed by atoms with Crippen molar-refractivity contribution >= 4 is 11.9 Å². The third-order valence-electron chi connectivity index (χ3n) is 4.15. The van der Waals surface area contributed by atoms with Crippen LogP contribution in [0.3, 0.4) is 0 Å². The molecule has 0 atom stereocenters. The van der Waals surface area contributed by atoms with Crippen molar-refractivity contribution < 1.29 is 28.5 Å².